The molecule has 0 radical (unpaired) electrons. The Morgan fingerprint density at radius 1 is 1.42 bits per heavy atom. The molecule has 106 valence electrons. The lowest BCUT2D eigenvalue weighted by Crippen LogP contribution is -2.28. The van der Waals surface area contributed by atoms with E-state index in [1.807, 2.05) is 18.7 Å². The van der Waals surface area contributed by atoms with E-state index in [-0.39, 0.29) is 0 Å². The van der Waals surface area contributed by atoms with Crippen LogP contribution in [-0.4, -0.2) is 43.9 Å². The molecule has 0 aliphatic heterocycles. The maximum atomic E-state index is 5.41. The van der Waals surface area contributed by atoms with Crippen molar-refractivity contribution in [1.29, 1.82) is 0 Å². The van der Waals surface area contributed by atoms with Gasteiger partial charge in [-0.2, -0.15) is 5.10 Å². The van der Waals surface area contributed by atoms with E-state index in [9.17, 15) is 0 Å². The predicted octanol–water partition coefficient (Wildman–Crippen LogP) is 2.47. The second kappa shape index (κ2) is 5.46. The molecule has 0 aliphatic carbocycles. The number of aryl methyl sites for hydroxylation is 3. The van der Waals surface area contributed by atoms with Gasteiger partial charge in [-0.15, -0.1) is 0 Å². The molecule has 1 N–H and O–H groups in total. The van der Waals surface area contributed by atoms with Crippen LogP contribution in [-0.2, 0) is 13.6 Å². The van der Waals surface area contributed by atoms with Crippen molar-refractivity contribution in [2.45, 2.75) is 39.8 Å². The van der Waals surface area contributed by atoms with Crippen molar-refractivity contribution in [1.82, 2.24) is 24.2 Å². The average Bonchev–Trinajstić information content (AvgIpc) is 2.79. The summed E-state index contributed by atoms with van der Waals surface area (Å²) in [6.07, 6.45) is 1.08. The highest BCUT2D eigenvalue weighted by atomic mass is 32.1. The van der Waals surface area contributed by atoms with E-state index in [1.54, 1.807) is 0 Å². The topological polar surface area (TPSA) is 41.8 Å². The van der Waals surface area contributed by atoms with Crippen molar-refractivity contribution < 1.29 is 0 Å². The van der Waals surface area contributed by atoms with E-state index in [2.05, 4.69) is 40.4 Å². The van der Waals surface area contributed by atoms with E-state index in [0.29, 0.717) is 6.04 Å². The molecular weight excluding hydrogens is 258 g/mol. The largest absolute Gasteiger partial charge is 0.328 e. The lowest BCUT2D eigenvalue weighted by Gasteiger charge is -2.20. The standard InChI is InChI=1S/C13H23N5S/c1-9(2)16(4)7-6-8-18-12-11(14-13(18)19)10(3)15-17(12)5/h9H,6-8H2,1-5H3,(H,14,19). The monoisotopic (exact) mass is 281 g/mol. The van der Waals surface area contributed by atoms with Crippen molar-refractivity contribution in [2.75, 3.05) is 13.6 Å². The molecule has 0 saturated heterocycles. The Morgan fingerprint density at radius 3 is 2.74 bits per heavy atom. The average molecular weight is 281 g/mol. The fourth-order valence-electron chi connectivity index (χ4n) is 2.32. The molecule has 5 nitrogen and oxygen atoms in total. The first-order chi connectivity index (χ1) is 8.91. The van der Waals surface area contributed by atoms with Gasteiger partial charge in [-0.1, -0.05) is 0 Å². The van der Waals surface area contributed by atoms with Gasteiger partial charge in [-0.3, -0.25) is 4.68 Å². The smallest absolute Gasteiger partial charge is 0.179 e. The number of nitrogens with zero attached hydrogens (tertiary/aromatic N) is 4. The van der Waals surface area contributed by atoms with E-state index >= 15 is 0 Å². The minimum absolute atomic E-state index is 0.582. The van der Waals surface area contributed by atoms with Crippen LogP contribution in [0.5, 0.6) is 0 Å². The van der Waals surface area contributed by atoms with Gasteiger partial charge in [0.2, 0.25) is 0 Å². The highest BCUT2D eigenvalue weighted by Gasteiger charge is 2.12. The van der Waals surface area contributed by atoms with Crippen LogP contribution >= 0.6 is 12.2 Å². The Morgan fingerprint density at radius 2 is 2.11 bits per heavy atom. The third kappa shape index (κ3) is 2.74. The summed E-state index contributed by atoms with van der Waals surface area (Å²) in [4.78, 5) is 5.61. The van der Waals surface area contributed by atoms with Crippen molar-refractivity contribution >= 4 is 23.4 Å². The molecule has 0 aliphatic rings. The van der Waals surface area contributed by atoms with Crippen LogP contribution in [0.4, 0.5) is 0 Å². The van der Waals surface area contributed by atoms with Gasteiger partial charge < -0.3 is 14.5 Å². The van der Waals surface area contributed by atoms with Crippen LogP contribution in [0.1, 0.15) is 26.0 Å². The lowest BCUT2D eigenvalue weighted by atomic mass is 10.3. The number of rotatable bonds is 5. The van der Waals surface area contributed by atoms with Crippen LogP contribution in [0.2, 0.25) is 0 Å². The molecular formula is C13H23N5S. The second-order valence-corrected chi connectivity index (χ2v) is 5.80. The third-order valence-electron chi connectivity index (χ3n) is 3.70. The molecule has 0 spiro atoms. The fourth-order valence-corrected chi connectivity index (χ4v) is 2.60. The van der Waals surface area contributed by atoms with Gasteiger partial charge in [0.25, 0.3) is 0 Å². The third-order valence-corrected chi connectivity index (χ3v) is 4.02. The molecule has 2 aromatic rings. The van der Waals surface area contributed by atoms with Crippen LogP contribution in [0.3, 0.4) is 0 Å². The number of nitrogens with one attached hydrogen (secondary N) is 1. The zero-order valence-electron chi connectivity index (χ0n) is 12.4. The number of imidazole rings is 1. The number of hydrogen-bond donors (Lipinski definition) is 1. The summed E-state index contributed by atoms with van der Waals surface area (Å²) in [7, 11) is 4.12. The molecule has 0 saturated carbocycles. The molecule has 6 heteroatoms. The Balaban J connectivity index is 2.17. The molecule has 2 heterocycles. The number of aromatic nitrogens is 4. The van der Waals surface area contributed by atoms with Crippen molar-refractivity contribution in [2.24, 2.45) is 7.05 Å². The molecule has 19 heavy (non-hydrogen) atoms. The maximum Gasteiger partial charge on any atom is 0.179 e. The quantitative estimate of drug-likeness (QED) is 0.856. The lowest BCUT2D eigenvalue weighted by molar-refractivity contribution is 0.265. The van der Waals surface area contributed by atoms with Gasteiger partial charge in [0.05, 0.1) is 5.69 Å². The van der Waals surface area contributed by atoms with Crippen molar-refractivity contribution in [3.05, 3.63) is 10.5 Å². The Bertz CT molecular complexity index is 619. The van der Waals surface area contributed by atoms with Gasteiger partial charge >= 0.3 is 0 Å². The van der Waals surface area contributed by atoms with Crippen LogP contribution in [0.25, 0.3) is 11.2 Å². The van der Waals surface area contributed by atoms with Gasteiger partial charge in [-0.05, 0) is 53.0 Å². The summed E-state index contributed by atoms with van der Waals surface area (Å²) >= 11 is 5.41. The van der Waals surface area contributed by atoms with Gasteiger partial charge in [-0.25, -0.2) is 0 Å². The predicted molar refractivity (Wildman–Crippen MR) is 81.0 cm³/mol. The zero-order chi connectivity index (χ0) is 14.2. The highest BCUT2D eigenvalue weighted by molar-refractivity contribution is 7.71. The SMILES string of the molecule is Cc1nn(C)c2c1[nH]c(=S)n2CCCN(C)C(C)C. The highest BCUT2D eigenvalue weighted by Crippen LogP contribution is 2.17. The van der Waals surface area contributed by atoms with Gasteiger partial charge in [0.1, 0.15) is 5.52 Å². The first-order valence-corrected chi connectivity index (χ1v) is 7.15. The maximum absolute atomic E-state index is 5.41. The number of hydrogen-bond acceptors (Lipinski definition) is 3. The van der Waals surface area contributed by atoms with Crippen molar-refractivity contribution in [3.63, 3.8) is 0 Å². The molecule has 2 rings (SSSR count). The first kappa shape index (κ1) is 14.3. The molecule has 2 aromatic heterocycles. The van der Waals surface area contributed by atoms with E-state index in [0.717, 1.165) is 41.1 Å². The Labute approximate surface area is 119 Å². The molecule has 0 aromatic carbocycles. The minimum atomic E-state index is 0.582. The molecule has 0 fully saturated rings. The molecule has 0 bridgehead atoms. The van der Waals surface area contributed by atoms with Crippen LogP contribution < -0.4 is 0 Å². The zero-order valence-corrected chi connectivity index (χ0v) is 13.2. The van der Waals surface area contributed by atoms with Crippen molar-refractivity contribution in [3.8, 4) is 0 Å². The summed E-state index contributed by atoms with van der Waals surface area (Å²) in [6.45, 7) is 8.43. The Kier molecular flexibility index (Phi) is 4.10. The first-order valence-electron chi connectivity index (χ1n) is 6.74. The fraction of sp³-hybridized carbons (Fsp3) is 0.692. The summed E-state index contributed by atoms with van der Waals surface area (Å²) in [6, 6.07) is 0.582. The van der Waals surface area contributed by atoms with E-state index in [1.165, 1.54) is 0 Å². The normalized spacial score (nSPS) is 12.2. The summed E-state index contributed by atoms with van der Waals surface area (Å²) in [5.41, 5.74) is 3.15. The summed E-state index contributed by atoms with van der Waals surface area (Å²) < 4.78 is 4.85. The Hall–Kier alpha value is -1.14. The van der Waals surface area contributed by atoms with Gasteiger partial charge in [0, 0.05) is 19.6 Å². The number of H-pyrrole nitrogens is 1. The van der Waals surface area contributed by atoms with E-state index in [4.69, 9.17) is 12.2 Å². The van der Waals surface area contributed by atoms with Crippen LogP contribution in [0.15, 0.2) is 0 Å². The van der Waals surface area contributed by atoms with E-state index < -0.39 is 0 Å². The molecule has 0 amide bonds. The summed E-state index contributed by atoms with van der Waals surface area (Å²) in [5.74, 6) is 0. The number of aromatic amines is 1. The van der Waals surface area contributed by atoms with Gasteiger partial charge in [0.15, 0.2) is 10.4 Å². The van der Waals surface area contributed by atoms with Crippen LogP contribution in [0, 0.1) is 11.7 Å². The summed E-state index contributed by atoms with van der Waals surface area (Å²) in [5, 5.41) is 4.43. The number of fused-ring (bicyclic) bond motifs is 1. The minimum Gasteiger partial charge on any atom is -0.328 e. The molecule has 0 atom stereocenters. The molecule has 0 unspecified atom stereocenters. The second-order valence-electron chi connectivity index (χ2n) is 5.42.